The molecule has 1 unspecified atom stereocenters. The van der Waals surface area contributed by atoms with E-state index < -0.39 is 0 Å². The fourth-order valence-corrected chi connectivity index (χ4v) is 4.51. The summed E-state index contributed by atoms with van der Waals surface area (Å²) in [4.78, 5) is 29.0. The van der Waals surface area contributed by atoms with Gasteiger partial charge < -0.3 is 9.80 Å². The molecule has 0 radical (unpaired) electrons. The molecule has 0 aromatic carbocycles. The third-order valence-corrected chi connectivity index (χ3v) is 5.61. The van der Waals surface area contributed by atoms with E-state index in [1.165, 1.54) is 11.0 Å². The second-order valence-corrected chi connectivity index (χ2v) is 7.08. The number of tetrazole rings is 1. The van der Waals surface area contributed by atoms with E-state index in [1.807, 2.05) is 11.8 Å². The highest BCUT2D eigenvalue weighted by molar-refractivity contribution is 5.80. The van der Waals surface area contributed by atoms with Crippen LogP contribution in [0.3, 0.4) is 0 Å². The lowest BCUT2D eigenvalue weighted by atomic mass is 9.76. The van der Waals surface area contributed by atoms with Crippen molar-refractivity contribution in [3.8, 4) is 0 Å². The molecule has 3 aliphatic heterocycles. The highest BCUT2D eigenvalue weighted by Crippen LogP contribution is 2.38. The molecule has 0 spiro atoms. The Morgan fingerprint density at radius 3 is 3.00 bits per heavy atom. The van der Waals surface area contributed by atoms with E-state index in [0.717, 1.165) is 38.9 Å². The Balaban J connectivity index is 1.49. The van der Waals surface area contributed by atoms with Gasteiger partial charge in [-0.1, -0.05) is 0 Å². The summed E-state index contributed by atoms with van der Waals surface area (Å²) in [7, 11) is 0. The second kappa shape index (κ2) is 5.58. The molecule has 23 heavy (non-hydrogen) atoms. The highest BCUT2D eigenvalue weighted by atomic mass is 16.2. The van der Waals surface area contributed by atoms with E-state index in [0.29, 0.717) is 30.2 Å². The molecular formula is C15H22N6O2. The minimum absolute atomic E-state index is 0.0718. The molecule has 0 aliphatic carbocycles. The van der Waals surface area contributed by atoms with Gasteiger partial charge in [-0.15, -0.1) is 5.10 Å². The van der Waals surface area contributed by atoms with E-state index in [-0.39, 0.29) is 11.9 Å². The second-order valence-electron chi connectivity index (χ2n) is 7.08. The van der Waals surface area contributed by atoms with E-state index in [9.17, 15) is 9.59 Å². The largest absolute Gasteiger partial charge is 0.340 e. The lowest BCUT2D eigenvalue weighted by Crippen LogP contribution is -2.61. The summed E-state index contributed by atoms with van der Waals surface area (Å²) >= 11 is 0. The molecule has 1 aromatic rings. The molecule has 124 valence electrons. The van der Waals surface area contributed by atoms with Crippen molar-refractivity contribution in [3.05, 3.63) is 6.33 Å². The van der Waals surface area contributed by atoms with Gasteiger partial charge in [0, 0.05) is 32.1 Å². The number of piperidine rings is 3. The number of likely N-dealkylation sites (tertiary alicyclic amines) is 1. The predicted octanol–water partition coefficient (Wildman–Crippen LogP) is 0.0935. The average Bonchev–Trinajstić information content (AvgIpc) is 3.09. The average molecular weight is 318 g/mol. The first kappa shape index (κ1) is 14.6. The summed E-state index contributed by atoms with van der Waals surface area (Å²) in [6, 6.07) is -0.0561. The monoisotopic (exact) mass is 318 g/mol. The van der Waals surface area contributed by atoms with Crippen LogP contribution >= 0.6 is 0 Å². The van der Waals surface area contributed by atoms with Gasteiger partial charge in [0.2, 0.25) is 11.8 Å². The van der Waals surface area contributed by atoms with Crippen LogP contribution in [0, 0.1) is 11.8 Å². The number of fused-ring (bicyclic) bond motifs is 4. The topological polar surface area (TPSA) is 84.2 Å². The number of carbonyl (C=O) groups excluding carboxylic acids is 2. The van der Waals surface area contributed by atoms with Gasteiger partial charge in [0.15, 0.2) is 0 Å². The Bertz CT molecular complexity index is 603. The smallest absolute Gasteiger partial charge is 0.247 e. The molecule has 1 aromatic heterocycles. The fraction of sp³-hybridized carbons (Fsp3) is 0.800. The predicted molar refractivity (Wildman–Crippen MR) is 80.1 cm³/mol. The van der Waals surface area contributed by atoms with Crippen LogP contribution in [0.4, 0.5) is 0 Å². The maximum absolute atomic E-state index is 12.8. The molecule has 0 N–H and O–H groups in total. The van der Waals surface area contributed by atoms with Crippen molar-refractivity contribution in [2.45, 2.75) is 44.7 Å². The number of nitrogens with zero attached hydrogens (tertiary/aromatic N) is 6. The molecule has 4 rings (SSSR count). The fourth-order valence-electron chi connectivity index (χ4n) is 4.51. The van der Waals surface area contributed by atoms with Crippen LogP contribution in [-0.4, -0.2) is 67.5 Å². The summed E-state index contributed by atoms with van der Waals surface area (Å²) < 4.78 is 1.50. The Labute approximate surface area is 134 Å². The van der Waals surface area contributed by atoms with Gasteiger partial charge in [-0.2, -0.15) is 0 Å². The van der Waals surface area contributed by atoms with Crippen LogP contribution in [-0.2, 0) is 9.59 Å². The highest BCUT2D eigenvalue weighted by Gasteiger charge is 2.45. The van der Waals surface area contributed by atoms with Gasteiger partial charge in [0.1, 0.15) is 12.4 Å². The van der Waals surface area contributed by atoms with Crippen LogP contribution in [0.1, 0.15) is 38.6 Å². The van der Waals surface area contributed by atoms with E-state index in [1.54, 1.807) is 0 Å². The van der Waals surface area contributed by atoms with Crippen molar-refractivity contribution in [2.24, 2.45) is 11.8 Å². The lowest BCUT2D eigenvalue weighted by molar-refractivity contribution is -0.150. The maximum atomic E-state index is 12.8. The van der Waals surface area contributed by atoms with Crippen molar-refractivity contribution < 1.29 is 9.59 Å². The summed E-state index contributed by atoms with van der Waals surface area (Å²) in [6.45, 7) is 4.12. The first-order valence-corrected chi connectivity index (χ1v) is 8.44. The maximum Gasteiger partial charge on any atom is 0.247 e. The first-order chi connectivity index (χ1) is 11.1. The first-order valence-electron chi connectivity index (χ1n) is 8.44. The number of carbonyl (C=O) groups is 2. The molecule has 3 aliphatic rings. The summed E-state index contributed by atoms with van der Waals surface area (Å²) in [5, 5.41) is 11.1. The minimum Gasteiger partial charge on any atom is -0.340 e. The third kappa shape index (κ3) is 2.49. The molecule has 4 heterocycles. The Morgan fingerprint density at radius 1 is 1.35 bits per heavy atom. The summed E-state index contributed by atoms with van der Waals surface area (Å²) in [6.07, 6.45) is 5.37. The number of hydrogen-bond acceptors (Lipinski definition) is 5. The third-order valence-electron chi connectivity index (χ3n) is 5.61. The number of aromatic nitrogens is 4. The zero-order valence-corrected chi connectivity index (χ0v) is 13.3. The van der Waals surface area contributed by atoms with Crippen molar-refractivity contribution >= 4 is 11.8 Å². The van der Waals surface area contributed by atoms with Gasteiger partial charge >= 0.3 is 0 Å². The number of hydrogen-bond donors (Lipinski definition) is 0. The molecule has 2 bridgehead atoms. The molecule has 3 saturated heterocycles. The summed E-state index contributed by atoms with van der Waals surface area (Å²) in [5.41, 5.74) is 0. The van der Waals surface area contributed by atoms with Crippen molar-refractivity contribution in [1.82, 2.24) is 30.0 Å². The van der Waals surface area contributed by atoms with Crippen LogP contribution in [0.2, 0.25) is 0 Å². The molecule has 2 amide bonds. The Kier molecular flexibility index (Phi) is 3.54. The van der Waals surface area contributed by atoms with Crippen LogP contribution < -0.4 is 0 Å². The van der Waals surface area contributed by atoms with Crippen LogP contribution in [0.25, 0.3) is 0 Å². The van der Waals surface area contributed by atoms with Crippen molar-refractivity contribution in [1.29, 1.82) is 0 Å². The van der Waals surface area contributed by atoms with Gasteiger partial charge in [0.25, 0.3) is 0 Å². The van der Waals surface area contributed by atoms with Crippen molar-refractivity contribution in [3.63, 3.8) is 0 Å². The van der Waals surface area contributed by atoms with E-state index >= 15 is 0 Å². The molecule has 0 saturated carbocycles. The quantitative estimate of drug-likeness (QED) is 0.772. The van der Waals surface area contributed by atoms with Gasteiger partial charge in [-0.3, -0.25) is 9.59 Å². The van der Waals surface area contributed by atoms with Gasteiger partial charge in [-0.25, -0.2) is 4.68 Å². The van der Waals surface area contributed by atoms with E-state index in [2.05, 4.69) is 20.4 Å². The standard InChI is InChI=1S/C15H22N6O2/c1-10(21-9-16-17-18-21)15(23)19-6-11-5-12(8-19)13-3-2-4-14(22)20(13)7-11/h9-13H,2-8H2,1H3/t10-,11+,12-,13?/m0/s1. The Hall–Kier alpha value is -1.99. The SMILES string of the molecule is C[C@@H](C(=O)N1C[C@H]2C[C@@H](C1)C1CCCC(=O)N1C2)n1cnnn1. The zero-order chi connectivity index (χ0) is 16.0. The molecule has 3 fully saturated rings. The molecular weight excluding hydrogens is 296 g/mol. The van der Waals surface area contributed by atoms with Crippen LogP contribution in [0.5, 0.6) is 0 Å². The van der Waals surface area contributed by atoms with Crippen molar-refractivity contribution in [2.75, 3.05) is 19.6 Å². The number of rotatable bonds is 2. The molecule has 4 atom stereocenters. The summed E-state index contributed by atoms with van der Waals surface area (Å²) in [5.74, 6) is 1.19. The van der Waals surface area contributed by atoms with E-state index in [4.69, 9.17) is 0 Å². The molecule has 8 heteroatoms. The van der Waals surface area contributed by atoms with Gasteiger partial charge in [-0.05, 0) is 48.4 Å². The zero-order valence-electron chi connectivity index (χ0n) is 13.3. The van der Waals surface area contributed by atoms with Gasteiger partial charge in [0.05, 0.1) is 0 Å². The molecule has 8 nitrogen and oxygen atoms in total. The lowest BCUT2D eigenvalue weighted by Gasteiger charge is -2.52. The minimum atomic E-state index is -0.382. The normalized spacial score (nSPS) is 31.7. The Morgan fingerprint density at radius 2 is 2.22 bits per heavy atom. The number of amides is 2. The van der Waals surface area contributed by atoms with Crippen LogP contribution in [0.15, 0.2) is 6.33 Å².